The van der Waals surface area contributed by atoms with Gasteiger partial charge in [-0.25, -0.2) is 8.42 Å². The number of rotatable bonds is 10. The van der Waals surface area contributed by atoms with E-state index in [1.54, 1.807) is 0 Å². The number of ether oxygens (including phenoxy) is 1. The molecule has 0 radical (unpaired) electrons. The van der Waals surface area contributed by atoms with Crippen molar-refractivity contribution in [3.63, 3.8) is 0 Å². The monoisotopic (exact) mass is 436 g/mol. The highest BCUT2D eigenvalue weighted by molar-refractivity contribution is 14.1. The minimum Gasteiger partial charge on any atom is -0.381 e. The Morgan fingerprint density at radius 2 is 1.82 bits per heavy atom. The average molecular weight is 436 g/mol. The molecule has 0 saturated heterocycles. The van der Waals surface area contributed by atoms with Gasteiger partial charge in [-0.1, -0.05) is 47.6 Å². The topological polar surface area (TPSA) is 43.4 Å². The molecule has 1 aromatic carbocycles. The lowest BCUT2D eigenvalue weighted by atomic mass is 10.1. The molecule has 0 amide bonds. The molecule has 1 aliphatic heterocycles. The number of hydrogen-bond acceptors (Lipinski definition) is 3. The van der Waals surface area contributed by atoms with E-state index < -0.39 is 9.84 Å². The van der Waals surface area contributed by atoms with Crippen molar-refractivity contribution < 1.29 is 13.2 Å². The van der Waals surface area contributed by atoms with Gasteiger partial charge in [-0.05, 0) is 53.7 Å². The number of alkyl halides is 1. The van der Waals surface area contributed by atoms with Crippen molar-refractivity contribution in [1.82, 2.24) is 0 Å². The fourth-order valence-electron chi connectivity index (χ4n) is 2.74. The van der Waals surface area contributed by atoms with Crippen LogP contribution in [0.5, 0.6) is 0 Å². The van der Waals surface area contributed by atoms with Crippen LogP contribution in [0, 0.1) is 0 Å². The molecule has 3 nitrogen and oxygen atoms in total. The maximum Gasteiger partial charge on any atom is 0.178 e. The van der Waals surface area contributed by atoms with Crippen LogP contribution < -0.4 is 0 Å². The lowest BCUT2D eigenvalue weighted by Crippen LogP contribution is -2.01. The summed E-state index contributed by atoms with van der Waals surface area (Å²) in [4.78, 5) is 0.557. The molecule has 22 heavy (non-hydrogen) atoms. The molecule has 0 bridgehead atoms. The van der Waals surface area contributed by atoms with Crippen LogP contribution in [0.4, 0.5) is 0 Å². The van der Waals surface area contributed by atoms with Crippen LogP contribution in [-0.2, 0) is 27.4 Å². The average Bonchev–Trinajstić information content (AvgIpc) is 2.81. The Balaban J connectivity index is 1.64. The van der Waals surface area contributed by atoms with Crippen LogP contribution >= 0.6 is 22.6 Å². The molecule has 0 unspecified atom stereocenters. The van der Waals surface area contributed by atoms with E-state index >= 15 is 0 Å². The Labute approximate surface area is 147 Å². The summed E-state index contributed by atoms with van der Waals surface area (Å²) in [5.41, 5.74) is 2.08. The molecular formula is C17H25IO3S. The number of hydrogen-bond donors (Lipinski definition) is 0. The highest BCUT2D eigenvalue weighted by Crippen LogP contribution is 2.27. The number of unbranched alkanes of at least 4 members (excludes halogenated alkanes) is 3. The van der Waals surface area contributed by atoms with E-state index in [1.165, 1.54) is 23.7 Å². The standard InChI is InChI=1S/C17H25IO3S/c18-10-3-1-2-4-11-21-12-5-6-15-7-8-16-9-13-22(19,20)17(16)14-15/h7-8,14H,1-6,9-13H2. The number of benzene rings is 1. The van der Waals surface area contributed by atoms with E-state index in [0.29, 0.717) is 11.3 Å². The summed E-state index contributed by atoms with van der Waals surface area (Å²) in [5, 5.41) is 0. The first kappa shape index (κ1) is 18.2. The van der Waals surface area contributed by atoms with Crippen molar-refractivity contribution >= 4 is 32.4 Å². The normalized spacial score (nSPS) is 15.9. The summed E-state index contributed by atoms with van der Waals surface area (Å²) < 4.78 is 30.7. The fourth-order valence-corrected chi connectivity index (χ4v) is 4.89. The summed E-state index contributed by atoms with van der Waals surface area (Å²) >= 11 is 2.42. The minimum atomic E-state index is -3.01. The predicted octanol–water partition coefficient (Wildman–Crippen LogP) is 3.96. The number of sulfone groups is 1. The molecule has 1 aliphatic rings. The quantitative estimate of drug-likeness (QED) is 0.317. The Kier molecular flexibility index (Phi) is 7.63. The van der Waals surface area contributed by atoms with Gasteiger partial charge in [0.25, 0.3) is 0 Å². The molecular weight excluding hydrogens is 411 g/mol. The van der Waals surface area contributed by atoms with Crippen molar-refractivity contribution in [2.45, 2.75) is 49.8 Å². The third kappa shape index (κ3) is 5.49. The van der Waals surface area contributed by atoms with E-state index in [4.69, 9.17) is 4.74 Å². The largest absolute Gasteiger partial charge is 0.381 e. The third-order valence-electron chi connectivity index (χ3n) is 4.03. The second-order valence-electron chi connectivity index (χ2n) is 5.83. The molecule has 0 fully saturated rings. The first-order valence-corrected chi connectivity index (χ1v) is 11.3. The summed E-state index contributed by atoms with van der Waals surface area (Å²) in [7, 11) is -3.01. The molecule has 1 heterocycles. The van der Waals surface area contributed by atoms with Crippen LogP contribution in [-0.4, -0.2) is 31.8 Å². The molecule has 0 saturated carbocycles. The first-order chi connectivity index (χ1) is 10.6. The maximum atomic E-state index is 11.9. The second-order valence-corrected chi connectivity index (χ2v) is 8.99. The highest BCUT2D eigenvalue weighted by atomic mass is 127. The van der Waals surface area contributed by atoms with Gasteiger partial charge in [-0.15, -0.1) is 0 Å². The molecule has 1 aromatic rings. The van der Waals surface area contributed by atoms with Crippen molar-refractivity contribution in [1.29, 1.82) is 0 Å². The van der Waals surface area contributed by atoms with Gasteiger partial charge in [-0.3, -0.25) is 0 Å². The molecule has 0 aliphatic carbocycles. The number of fused-ring (bicyclic) bond motifs is 1. The Morgan fingerprint density at radius 1 is 1.05 bits per heavy atom. The maximum absolute atomic E-state index is 11.9. The van der Waals surface area contributed by atoms with Gasteiger partial charge in [0, 0.05) is 13.2 Å². The van der Waals surface area contributed by atoms with Crippen molar-refractivity contribution in [3.8, 4) is 0 Å². The molecule has 2 rings (SSSR count). The van der Waals surface area contributed by atoms with Gasteiger partial charge in [0.15, 0.2) is 9.84 Å². The Hall–Kier alpha value is -0.140. The molecule has 0 spiro atoms. The number of aryl methyl sites for hydroxylation is 2. The summed E-state index contributed by atoms with van der Waals surface area (Å²) in [5.74, 6) is 0.270. The highest BCUT2D eigenvalue weighted by Gasteiger charge is 2.25. The van der Waals surface area contributed by atoms with Crippen molar-refractivity contribution in [2.75, 3.05) is 23.4 Å². The minimum absolute atomic E-state index is 0.270. The smallest absolute Gasteiger partial charge is 0.178 e. The van der Waals surface area contributed by atoms with Gasteiger partial charge in [-0.2, -0.15) is 0 Å². The molecule has 0 atom stereocenters. The Morgan fingerprint density at radius 3 is 2.64 bits per heavy atom. The lowest BCUT2D eigenvalue weighted by Gasteiger charge is -2.06. The van der Waals surface area contributed by atoms with Crippen LogP contribution in [0.25, 0.3) is 0 Å². The lowest BCUT2D eigenvalue weighted by molar-refractivity contribution is 0.128. The number of halogens is 1. The van der Waals surface area contributed by atoms with Crippen molar-refractivity contribution in [3.05, 3.63) is 29.3 Å². The van der Waals surface area contributed by atoms with Gasteiger partial charge in [0.2, 0.25) is 0 Å². The predicted molar refractivity (Wildman–Crippen MR) is 98.7 cm³/mol. The van der Waals surface area contributed by atoms with Crippen LogP contribution in [0.3, 0.4) is 0 Å². The SMILES string of the molecule is O=S1(=O)CCc2ccc(CCCOCCCCCCI)cc21. The summed E-state index contributed by atoms with van der Waals surface area (Å²) in [6.45, 7) is 1.61. The van der Waals surface area contributed by atoms with Crippen LogP contribution in [0.1, 0.15) is 43.2 Å². The van der Waals surface area contributed by atoms with Crippen molar-refractivity contribution in [2.24, 2.45) is 0 Å². The fraction of sp³-hybridized carbons (Fsp3) is 0.647. The van der Waals surface area contributed by atoms with Gasteiger partial charge in [0.1, 0.15) is 0 Å². The molecule has 124 valence electrons. The third-order valence-corrected chi connectivity index (χ3v) is 6.59. The van der Waals surface area contributed by atoms with E-state index in [-0.39, 0.29) is 5.75 Å². The van der Waals surface area contributed by atoms with E-state index in [2.05, 4.69) is 28.7 Å². The molecule has 0 aromatic heterocycles. The second kappa shape index (κ2) is 9.23. The van der Waals surface area contributed by atoms with Crippen LogP contribution in [0.15, 0.2) is 23.1 Å². The van der Waals surface area contributed by atoms with E-state index in [1.807, 2.05) is 12.1 Å². The molecule has 5 heteroatoms. The van der Waals surface area contributed by atoms with Crippen LogP contribution in [0.2, 0.25) is 0 Å². The zero-order chi connectivity index (χ0) is 15.8. The zero-order valence-electron chi connectivity index (χ0n) is 13.0. The van der Waals surface area contributed by atoms with E-state index in [9.17, 15) is 8.42 Å². The Bertz CT molecular complexity index is 569. The van der Waals surface area contributed by atoms with Gasteiger partial charge < -0.3 is 4.74 Å². The first-order valence-electron chi connectivity index (χ1n) is 8.12. The summed E-state index contributed by atoms with van der Waals surface area (Å²) in [6, 6.07) is 5.90. The summed E-state index contributed by atoms with van der Waals surface area (Å²) in [6.07, 6.45) is 7.51. The van der Waals surface area contributed by atoms with Gasteiger partial charge >= 0.3 is 0 Å². The van der Waals surface area contributed by atoms with E-state index in [0.717, 1.165) is 43.6 Å². The zero-order valence-corrected chi connectivity index (χ0v) is 16.0. The van der Waals surface area contributed by atoms with Gasteiger partial charge in [0.05, 0.1) is 10.6 Å². The molecule has 0 N–H and O–H groups in total.